The highest BCUT2D eigenvalue weighted by atomic mass is 16.5. The van der Waals surface area contributed by atoms with E-state index in [0.717, 1.165) is 39.0 Å². The third kappa shape index (κ3) is 3.10. The van der Waals surface area contributed by atoms with Crippen LogP contribution in [0.2, 0.25) is 0 Å². The van der Waals surface area contributed by atoms with Crippen molar-refractivity contribution in [1.29, 1.82) is 0 Å². The monoisotopic (exact) mass is 262 g/mol. The molecule has 0 aliphatic carbocycles. The molecule has 0 saturated carbocycles. The summed E-state index contributed by atoms with van der Waals surface area (Å²) < 4.78 is 5.62. The highest BCUT2D eigenvalue weighted by Crippen LogP contribution is 2.32. The van der Waals surface area contributed by atoms with Gasteiger partial charge in [0, 0.05) is 32.0 Å². The van der Waals surface area contributed by atoms with Gasteiger partial charge in [0.05, 0.1) is 5.54 Å². The van der Waals surface area contributed by atoms with Gasteiger partial charge < -0.3 is 15.4 Å². The van der Waals surface area contributed by atoms with E-state index in [1.54, 1.807) is 0 Å². The van der Waals surface area contributed by atoms with Gasteiger partial charge >= 0.3 is 0 Å². The SMILES string of the molecule is CCN(c1ccc(C)cc1)C1(CN)CCCOCC1. The van der Waals surface area contributed by atoms with E-state index in [-0.39, 0.29) is 5.54 Å². The molecule has 1 fully saturated rings. The number of anilines is 1. The van der Waals surface area contributed by atoms with Crippen molar-refractivity contribution >= 4 is 5.69 Å². The summed E-state index contributed by atoms with van der Waals surface area (Å²) in [5.74, 6) is 0. The molecule has 3 heteroatoms. The van der Waals surface area contributed by atoms with Crippen LogP contribution in [0.4, 0.5) is 5.69 Å². The number of nitrogens with zero attached hydrogens (tertiary/aromatic N) is 1. The molecule has 1 aliphatic heterocycles. The van der Waals surface area contributed by atoms with Crippen molar-refractivity contribution in [3.8, 4) is 0 Å². The molecule has 1 unspecified atom stereocenters. The highest BCUT2D eigenvalue weighted by molar-refractivity contribution is 5.50. The lowest BCUT2D eigenvalue weighted by molar-refractivity contribution is 0.139. The molecule has 1 aromatic rings. The summed E-state index contributed by atoms with van der Waals surface area (Å²) >= 11 is 0. The molecule has 0 bridgehead atoms. The molecular weight excluding hydrogens is 236 g/mol. The molecule has 19 heavy (non-hydrogen) atoms. The van der Waals surface area contributed by atoms with Crippen LogP contribution in [0.5, 0.6) is 0 Å². The predicted molar refractivity (Wildman–Crippen MR) is 80.7 cm³/mol. The van der Waals surface area contributed by atoms with Crippen molar-refractivity contribution in [1.82, 2.24) is 0 Å². The second-order valence-corrected chi connectivity index (χ2v) is 5.47. The van der Waals surface area contributed by atoms with E-state index in [2.05, 4.69) is 43.0 Å². The Labute approximate surface area is 116 Å². The van der Waals surface area contributed by atoms with Crippen LogP contribution in [0, 0.1) is 6.92 Å². The van der Waals surface area contributed by atoms with Crippen LogP contribution in [0.1, 0.15) is 31.7 Å². The van der Waals surface area contributed by atoms with Crippen molar-refractivity contribution in [2.24, 2.45) is 5.73 Å². The fraction of sp³-hybridized carbons (Fsp3) is 0.625. The van der Waals surface area contributed by atoms with Gasteiger partial charge in [0.15, 0.2) is 0 Å². The molecule has 0 aromatic heterocycles. The Morgan fingerprint density at radius 1 is 1.21 bits per heavy atom. The number of benzene rings is 1. The number of likely N-dealkylation sites (N-methyl/N-ethyl adjacent to an activating group) is 1. The van der Waals surface area contributed by atoms with E-state index in [9.17, 15) is 0 Å². The van der Waals surface area contributed by atoms with Gasteiger partial charge in [0.1, 0.15) is 0 Å². The van der Waals surface area contributed by atoms with Gasteiger partial charge in [0.2, 0.25) is 0 Å². The summed E-state index contributed by atoms with van der Waals surface area (Å²) in [6.45, 7) is 7.70. The van der Waals surface area contributed by atoms with Gasteiger partial charge in [-0.25, -0.2) is 0 Å². The Balaban J connectivity index is 2.29. The first-order chi connectivity index (χ1) is 9.22. The summed E-state index contributed by atoms with van der Waals surface area (Å²) in [6.07, 6.45) is 3.23. The molecule has 2 rings (SSSR count). The molecule has 0 radical (unpaired) electrons. The molecule has 3 nitrogen and oxygen atoms in total. The molecule has 0 amide bonds. The van der Waals surface area contributed by atoms with Crippen LogP contribution < -0.4 is 10.6 Å². The summed E-state index contributed by atoms with van der Waals surface area (Å²) in [5, 5.41) is 0. The zero-order chi connectivity index (χ0) is 13.7. The molecule has 106 valence electrons. The third-order valence-electron chi connectivity index (χ3n) is 4.26. The molecule has 1 atom stereocenters. The number of hydrogen-bond donors (Lipinski definition) is 1. The van der Waals surface area contributed by atoms with E-state index in [0.29, 0.717) is 6.54 Å². The predicted octanol–water partition coefficient (Wildman–Crippen LogP) is 2.72. The average Bonchev–Trinajstić information content (AvgIpc) is 2.68. The lowest BCUT2D eigenvalue weighted by Gasteiger charge is -2.44. The first kappa shape index (κ1) is 14.4. The normalized spacial score (nSPS) is 23.9. The average molecular weight is 262 g/mol. The highest BCUT2D eigenvalue weighted by Gasteiger charge is 2.35. The standard InChI is InChI=1S/C16H26N2O/c1-3-18(15-7-5-14(2)6-8-15)16(13-17)9-4-11-19-12-10-16/h5-8H,3-4,9-13,17H2,1-2H3. The van der Waals surface area contributed by atoms with Crippen LogP contribution in [0.25, 0.3) is 0 Å². The summed E-state index contributed by atoms with van der Waals surface area (Å²) in [4.78, 5) is 2.47. The van der Waals surface area contributed by atoms with E-state index in [4.69, 9.17) is 10.5 Å². The largest absolute Gasteiger partial charge is 0.381 e. The van der Waals surface area contributed by atoms with Gasteiger partial charge in [-0.1, -0.05) is 17.7 Å². The summed E-state index contributed by atoms with van der Waals surface area (Å²) in [5.41, 5.74) is 8.79. The maximum Gasteiger partial charge on any atom is 0.0546 e. The smallest absolute Gasteiger partial charge is 0.0546 e. The third-order valence-corrected chi connectivity index (χ3v) is 4.26. The van der Waals surface area contributed by atoms with Crippen molar-refractivity contribution in [3.05, 3.63) is 29.8 Å². The van der Waals surface area contributed by atoms with E-state index >= 15 is 0 Å². The Bertz CT molecular complexity index is 380. The number of aryl methyl sites for hydroxylation is 1. The Hall–Kier alpha value is -1.06. The number of nitrogens with two attached hydrogens (primary N) is 1. The zero-order valence-corrected chi connectivity index (χ0v) is 12.2. The minimum Gasteiger partial charge on any atom is -0.381 e. The first-order valence-electron chi connectivity index (χ1n) is 7.34. The van der Waals surface area contributed by atoms with E-state index in [1.165, 1.54) is 11.3 Å². The van der Waals surface area contributed by atoms with Gasteiger partial charge in [-0.2, -0.15) is 0 Å². The van der Waals surface area contributed by atoms with Gasteiger partial charge in [-0.15, -0.1) is 0 Å². The van der Waals surface area contributed by atoms with Crippen molar-refractivity contribution in [2.45, 2.75) is 38.6 Å². The van der Waals surface area contributed by atoms with Crippen LogP contribution in [0.3, 0.4) is 0 Å². The minimum absolute atomic E-state index is 0.0561. The maximum atomic E-state index is 6.15. The van der Waals surface area contributed by atoms with Crippen molar-refractivity contribution in [3.63, 3.8) is 0 Å². The summed E-state index contributed by atoms with van der Waals surface area (Å²) in [7, 11) is 0. The maximum absolute atomic E-state index is 6.15. The Morgan fingerprint density at radius 3 is 2.58 bits per heavy atom. The van der Waals surface area contributed by atoms with Crippen LogP contribution in [-0.4, -0.2) is 31.8 Å². The fourth-order valence-electron chi connectivity index (χ4n) is 3.09. The summed E-state index contributed by atoms with van der Waals surface area (Å²) in [6, 6.07) is 8.77. The molecule has 1 aromatic carbocycles. The lowest BCUT2D eigenvalue weighted by atomic mass is 9.87. The molecular formula is C16H26N2O. The number of hydrogen-bond acceptors (Lipinski definition) is 3. The second-order valence-electron chi connectivity index (χ2n) is 5.47. The minimum atomic E-state index is 0.0561. The topological polar surface area (TPSA) is 38.5 Å². The molecule has 0 spiro atoms. The Morgan fingerprint density at radius 2 is 1.95 bits per heavy atom. The zero-order valence-electron chi connectivity index (χ0n) is 12.2. The lowest BCUT2D eigenvalue weighted by Crippen LogP contribution is -2.54. The number of rotatable bonds is 4. The van der Waals surface area contributed by atoms with Gasteiger partial charge in [0.25, 0.3) is 0 Å². The molecule has 1 aliphatic rings. The van der Waals surface area contributed by atoms with Crippen LogP contribution in [0.15, 0.2) is 24.3 Å². The van der Waals surface area contributed by atoms with Gasteiger partial charge in [-0.3, -0.25) is 0 Å². The van der Waals surface area contributed by atoms with Crippen LogP contribution >= 0.6 is 0 Å². The molecule has 1 saturated heterocycles. The quantitative estimate of drug-likeness (QED) is 0.906. The molecule has 1 heterocycles. The van der Waals surface area contributed by atoms with Crippen LogP contribution in [-0.2, 0) is 4.74 Å². The first-order valence-corrected chi connectivity index (χ1v) is 7.34. The number of ether oxygens (including phenoxy) is 1. The molecule has 2 N–H and O–H groups in total. The van der Waals surface area contributed by atoms with E-state index < -0.39 is 0 Å². The van der Waals surface area contributed by atoms with Gasteiger partial charge in [-0.05, 0) is 45.2 Å². The fourth-order valence-corrected chi connectivity index (χ4v) is 3.09. The Kier molecular flexibility index (Phi) is 4.83. The van der Waals surface area contributed by atoms with Crippen molar-refractivity contribution < 1.29 is 4.74 Å². The second kappa shape index (κ2) is 6.40. The van der Waals surface area contributed by atoms with Crippen molar-refractivity contribution in [2.75, 3.05) is 31.2 Å². The van der Waals surface area contributed by atoms with E-state index in [1.807, 2.05) is 0 Å².